The molecular formula is C12H15NO7S. The number of carboxylic acids is 1. The molecule has 0 saturated carbocycles. The smallest absolute Gasteiger partial charge is 0.367 e. The van der Waals surface area contributed by atoms with Crippen LogP contribution in [0.2, 0.25) is 0 Å². The highest BCUT2D eigenvalue weighted by Gasteiger charge is 2.22. The molecule has 1 aliphatic heterocycles. The zero-order valence-electron chi connectivity index (χ0n) is 11.5. The van der Waals surface area contributed by atoms with Gasteiger partial charge in [0.2, 0.25) is 5.91 Å². The molecule has 0 unspecified atom stereocenters. The SMILES string of the molecule is C=C1OC(C)=C(COC(=O)SC[C@H](NC(C)=O)C(=O)O)O1. The lowest BCUT2D eigenvalue weighted by atomic mass is 10.3. The minimum absolute atomic E-state index is 0.0998. The van der Waals surface area contributed by atoms with Crippen LogP contribution in [0.1, 0.15) is 13.8 Å². The molecule has 8 nitrogen and oxygen atoms in total. The van der Waals surface area contributed by atoms with Crippen LogP contribution in [0, 0.1) is 0 Å². The third kappa shape index (κ3) is 5.78. The largest absolute Gasteiger partial charge is 0.480 e. The van der Waals surface area contributed by atoms with E-state index < -0.39 is 23.2 Å². The van der Waals surface area contributed by atoms with E-state index in [2.05, 4.69) is 11.9 Å². The molecule has 116 valence electrons. The predicted molar refractivity (Wildman–Crippen MR) is 73.1 cm³/mol. The molecule has 0 aromatic heterocycles. The van der Waals surface area contributed by atoms with Crippen molar-refractivity contribution in [3.05, 3.63) is 24.0 Å². The van der Waals surface area contributed by atoms with Crippen LogP contribution in [0.15, 0.2) is 24.0 Å². The number of nitrogens with one attached hydrogen (secondary N) is 1. The van der Waals surface area contributed by atoms with E-state index in [1.165, 1.54) is 6.92 Å². The van der Waals surface area contributed by atoms with Crippen molar-refractivity contribution in [1.82, 2.24) is 5.32 Å². The Morgan fingerprint density at radius 3 is 2.57 bits per heavy atom. The molecule has 1 rings (SSSR count). The first-order valence-electron chi connectivity index (χ1n) is 5.83. The van der Waals surface area contributed by atoms with Gasteiger partial charge < -0.3 is 24.6 Å². The van der Waals surface area contributed by atoms with Crippen LogP contribution >= 0.6 is 11.8 Å². The summed E-state index contributed by atoms with van der Waals surface area (Å²) in [4.78, 5) is 33.2. The minimum Gasteiger partial charge on any atom is -0.480 e. The van der Waals surface area contributed by atoms with E-state index in [1.807, 2.05) is 0 Å². The number of rotatable bonds is 6. The van der Waals surface area contributed by atoms with Gasteiger partial charge in [0.1, 0.15) is 11.8 Å². The molecule has 0 saturated heterocycles. The number of amides is 1. The second-order valence-corrected chi connectivity index (χ2v) is 4.95. The number of thioether (sulfide) groups is 1. The maximum Gasteiger partial charge on any atom is 0.367 e. The van der Waals surface area contributed by atoms with Crippen LogP contribution in [-0.4, -0.2) is 40.7 Å². The highest BCUT2D eigenvalue weighted by molar-refractivity contribution is 8.13. The number of hydrogen-bond acceptors (Lipinski definition) is 7. The number of carboxylic acid groups (broad SMARTS) is 1. The summed E-state index contributed by atoms with van der Waals surface area (Å²) in [6, 6.07) is -1.16. The first-order valence-corrected chi connectivity index (χ1v) is 6.82. The number of hydrogen-bond donors (Lipinski definition) is 2. The fourth-order valence-electron chi connectivity index (χ4n) is 1.33. The number of carbonyl (C=O) groups is 3. The first-order chi connectivity index (χ1) is 9.79. The molecule has 0 aromatic carbocycles. The maximum atomic E-state index is 11.5. The summed E-state index contributed by atoms with van der Waals surface area (Å²) in [5.41, 5.74) is 0. The van der Waals surface area contributed by atoms with E-state index in [4.69, 9.17) is 19.3 Å². The highest BCUT2D eigenvalue weighted by atomic mass is 32.2. The average Bonchev–Trinajstić information content (AvgIpc) is 2.69. The van der Waals surface area contributed by atoms with Gasteiger partial charge in [0, 0.05) is 12.7 Å². The van der Waals surface area contributed by atoms with E-state index >= 15 is 0 Å². The quantitative estimate of drug-likeness (QED) is 0.703. The summed E-state index contributed by atoms with van der Waals surface area (Å²) in [6.07, 6.45) is 0. The highest BCUT2D eigenvalue weighted by Crippen LogP contribution is 2.23. The van der Waals surface area contributed by atoms with Gasteiger partial charge in [0.25, 0.3) is 5.95 Å². The maximum absolute atomic E-state index is 11.5. The summed E-state index contributed by atoms with van der Waals surface area (Å²) in [5.74, 6) is -0.997. The van der Waals surface area contributed by atoms with Gasteiger partial charge in [0.15, 0.2) is 12.4 Å². The van der Waals surface area contributed by atoms with Crippen LogP contribution in [0.3, 0.4) is 0 Å². The van der Waals surface area contributed by atoms with Gasteiger partial charge in [-0.3, -0.25) is 4.79 Å². The van der Waals surface area contributed by atoms with Crippen molar-refractivity contribution in [1.29, 1.82) is 0 Å². The van der Waals surface area contributed by atoms with Crippen molar-refractivity contribution in [2.75, 3.05) is 12.4 Å². The van der Waals surface area contributed by atoms with Crippen molar-refractivity contribution in [3.63, 3.8) is 0 Å². The second kappa shape index (κ2) is 7.58. The topological polar surface area (TPSA) is 111 Å². The molecule has 21 heavy (non-hydrogen) atoms. The fraction of sp³-hybridized carbons (Fsp3) is 0.417. The lowest BCUT2D eigenvalue weighted by molar-refractivity contribution is -0.140. The summed E-state index contributed by atoms with van der Waals surface area (Å²) in [6.45, 7) is 6.13. The van der Waals surface area contributed by atoms with Crippen molar-refractivity contribution < 1.29 is 33.7 Å². The monoisotopic (exact) mass is 317 g/mol. The number of aliphatic carboxylic acids is 1. The average molecular weight is 317 g/mol. The van der Waals surface area contributed by atoms with Crippen LogP contribution in [0.4, 0.5) is 4.79 Å². The van der Waals surface area contributed by atoms with Gasteiger partial charge >= 0.3 is 11.3 Å². The fourth-order valence-corrected chi connectivity index (χ4v) is 2.00. The second-order valence-electron chi connectivity index (χ2n) is 4.00. The Kier molecular flexibility index (Phi) is 6.10. The molecule has 9 heteroatoms. The van der Waals surface area contributed by atoms with Crippen LogP contribution in [0.5, 0.6) is 0 Å². The Hall–Kier alpha value is -2.16. The summed E-state index contributed by atoms with van der Waals surface area (Å²) in [7, 11) is 0. The van der Waals surface area contributed by atoms with Crippen LogP contribution in [-0.2, 0) is 23.8 Å². The third-order valence-electron chi connectivity index (χ3n) is 2.26. The summed E-state index contributed by atoms with van der Waals surface area (Å²) in [5, 5.41) is 10.4. The molecule has 0 spiro atoms. The zero-order chi connectivity index (χ0) is 16.0. The standard InChI is InChI=1S/C12H15NO7S/c1-6-10(20-8(3)19-6)4-18-12(17)21-5-9(11(15)16)13-7(2)14/h9H,3-5H2,1-2H3,(H,13,14)(H,15,16)/t9-/m0/s1. The lowest BCUT2D eigenvalue weighted by Crippen LogP contribution is -2.41. The van der Waals surface area contributed by atoms with Gasteiger partial charge in [-0.05, 0) is 25.3 Å². The molecule has 1 atom stereocenters. The van der Waals surface area contributed by atoms with Crippen molar-refractivity contribution in [2.45, 2.75) is 19.9 Å². The van der Waals surface area contributed by atoms with E-state index in [0.29, 0.717) is 23.3 Å². The van der Waals surface area contributed by atoms with E-state index in [1.54, 1.807) is 6.92 Å². The van der Waals surface area contributed by atoms with Gasteiger partial charge in [-0.15, -0.1) is 0 Å². The Bertz CT molecular complexity index is 500. The normalized spacial score (nSPS) is 15.0. The Balaban J connectivity index is 2.36. The van der Waals surface area contributed by atoms with Crippen molar-refractivity contribution in [3.8, 4) is 0 Å². The van der Waals surface area contributed by atoms with Gasteiger partial charge in [-0.2, -0.15) is 0 Å². The summed E-state index contributed by atoms with van der Waals surface area (Å²) < 4.78 is 15.0. The molecule has 0 aliphatic carbocycles. The molecule has 1 amide bonds. The van der Waals surface area contributed by atoms with Gasteiger partial charge in [-0.25, -0.2) is 9.59 Å². The Morgan fingerprint density at radius 2 is 2.10 bits per heavy atom. The van der Waals surface area contributed by atoms with Crippen LogP contribution in [0.25, 0.3) is 0 Å². The van der Waals surface area contributed by atoms with E-state index in [-0.39, 0.29) is 18.3 Å². The number of ether oxygens (including phenoxy) is 3. The van der Waals surface area contributed by atoms with Gasteiger partial charge in [0.05, 0.1) is 0 Å². The molecule has 1 heterocycles. The number of allylic oxidation sites excluding steroid dienone is 1. The third-order valence-corrected chi connectivity index (χ3v) is 3.11. The molecule has 1 aliphatic rings. The predicted octanol–water partition coefficient (Wildman–Crippen LogP) is 1.20. The van der Waals surface area contributed by atoms with E-state index in [9.17, 15) is 14.4 Å². The molecule has 0 fully saturated rings. The molecular weight excluding hydrogens is 302 g/mol. The first kappa shape index (κ1) is 16.9. The lowest BCUT2D eigenvalue weighted by Gasteiger charge is -2.12. The Morgan fingerprint density at radius 1 is 1.43 bits per heavy atom. The molecule has 0 bridgehead atoms. The summed E-state index contributed by atoms with van der Waals surface area (Å²) >= 11 is 0.642. The van der Waals surface area contributed by atoms with Gasteiger partial charge in [-0.1, -0.05) is 0 Å². The van der Waals surface area contributed by atoms with Crippen molar-refractivity contribution in [2.24, 2.45) is 0 Å². The number of carbonyl (C=O) groups excluding carboxylic acids is 2. The Labute approximate surface area is 125 Å². The zero-order valence-corrected chi connectivity index (χ0v) is 12.3. The molecule has 0 aromatic rings. The molecule has 2 N–H and O–H groups in total. The van der Waals surface area contributed by atoms with Crippen LogP contribution < -0.4 is 5.32 Å². The molecule has 0 radical (unpaired) electrons. The van der Waals surface area contributed by atoms with Crippen molar-refractivity contribution >= 4 is 28.9 Å². The van der Waals surface area contributed by atoms with E-state index in [0.717, 1.165) is 0 Å². The minimum atomic E-state index is -1.23.